The molecule has 9 heteroatoms. The van der Waals surface area contributed by atoms with Crippen LogP contribution in [0.3, 0.4) is 0 Å². The topological polar surface area (TPSA) is 93.0 Å². The van der Waals surface area contributed by atoms with Crippen molar-refractivity contribution in [3.63, 3.8) is 0 Å². The van der Waals surface area contributed by atoms with E-state index in [-0.39, 0.29) is 0 Å². The number of methoxy groups -OCH3 is 1. The third-order valence-corrected chi connectivity index (χ3v) is 6.28. The Morgan fingerprint density at radius 2 is 1.87 bits per heavy atom. The van der Waals surface area contributed by atoms with Crippen molar-refractivity contribution in [3.8, 4) is 5.75 Å². The highest BCUT2D eigenvalue weighted by Gasteiger charge is 2.49. The van der Waals surface area contributed by atoms with Gasteiger partial charge in [-0.05, 0) is 36.8 Å². The van der Waals surface area contributed by atoms with Crippen molar-refractivity contribution >= 4 is 39.4 Å². The van der Waals surface area contributed by atoms with E-state index in [2.05, 4.69) is 10.3 Å². The minimum absolute atomic E-state index is 0.426. The minimum Gasteiger partial charge on any atom is -0.497 e. The van der Waals surface area contributed by atoms with E-state index >= 15 is 0 Å². The van der Waals surface area contributed by atoms with Crippen molar-refractivity contribution in [2.24, 2.45) is 12.0 Å². The number of fused-ring (bicyclic) bond motifs is 1. The van der Waals surface area contributed by atoms with Gasteiger partial charge in [-0.3, -0.25) is 14.5 Å². The SMILES string of the molecule is COc1ccc(C2(C)NC(=O)N(CC(=O)N=c3sc4ccccc4n3C)C2=O)cc1. The molecule has 0 radical (unpaired) electrons. The Morgan fingerprint density at radius 3 is 2.53 bits per heavy atom. The number of hydrogen-bond acceptors (Lipinski definition) is 5. The average molecular weight is 424 g/mol. The van der Waals surface area contributed by atoms with Gasteiger partial charge in [-0.1, -0.05) is 35.6 Å². The number of imide groups is 1. The first kappa shape index (κ1) is 19.8. The number of hydrogen-bond donors (Lipinski definition) is 1. The summed E-state index contributed by atoms with van der Waals surface area (Å²) in [6.07, 6.45) is 0. The zero-order chi connectivity index (χ0) is 21.5. The minimum atomic E-state index is -1.26. The summed E-state index contributed by atoms with van der Waals surface area (Å²) >= 11 is 1.37. The van der Waals surface area contributed by atoms with Crippen LogP contribution in [0.4, 0.5) is 4.79 Å². The molecule has 1 aliphatic rings. The molecule has 0 bridgehead atoms. The van der Waals surface area contributed by atoms with Gasteiger partial charge in [-0.25, -0.2) is 4.79 Å². The van der Waals surface area contributed by atoms with Crippen LogP contribution < -0.4 is 14.9 Å². The summed E-state index contributed by atoms with van der Waals surface area (Å²) in [5.74, 6) is -0.428. The molecule has 4 amide bonds. The normalized spacial score (nSPS) is 19.4. The monoisotopic (exact) mass is 424 g/mol. The van der Waals surface area contributed by atoms with Crippen LogP contribution >= 0.6 is 11.3 Å². The molecule has 30 heavy (non-hydrogen) atoms. The first-order valence-corrected chi connectivity index (χ1v) is 10.1. The molecular weight excluding hydrogens is 404 g/mol. The van der Waals surface area contributed by atoms with Gasteiger partial charge in [0, 0.05) is 7.05 Å². The van der Waals surface area contributed by atoms with Crippen LogP contribution in [-0.2, 0) is 22.2 Å². The Balaban J connectivity index is 1.58. The van der Waals surface area contributed by atoms with Crippen LogP contribution in [0.1, 0.15) is 12.5 Å². The molecule has 1 fully saturated rings. The molecule has 0 saturated carbocycles. The standard InChI is InChI=1S/C21H20N4O4S/c1-21(13-8-10-14(29-3)11-9-13)18(27)25(19(28)23-21)12-17(26)22-20-24(2)15-6-4-5-7-16(15)30-20/h4-11H,12H2,1-3H3,(H,23,28). The van der Waals surface area contributed by atoms with E-state index in [1.807, 2.05) is 35.9 Å². The first-order valence-electron chi connectivity index (χ1n) is 9.24. The van der Waals surface area contributed by atoms with Crippen LogP contribution in [0.25, 0.3) is 10.2 Å². The molecule has 3 aromatic rings. The number of aryl methyl sites for hydroxylation is 1. The summed E-state index contributed by atoms with van der Waals surface area (Å²) in [6.45, 7) is 1.19. The highest BCUT2D eigenvalue weighted by Crippen LogP contribution is 2.30. The maximum atomic E-state index is 13.0. The second-order valence-corrected chi connectivity index (χ2v) is 8.10. The van der Waals surface area contributed by atoms with Gasteiger partial charge in [0.1, 0.15) is 17.8 Å². The lowest BCUT2D eigenvalue weighted by molar-refractivity contribution is -0.134. The highest BCUT2D eigenvalue weighted by molar-refractivity contribution is 7.16. The number of thiazole rings is 1. The molecule has 154 valence electrons. The van der Waals surface area contributed by atoms with Crippen LogP contribution in [0.2, 0.25) is 0 Å². The number of para-hydroxylation sites is 1. The number of carbonyl (C=O) groups excluding carboxylic acids is 3. The van der Waals surface area contributed by atoms with Crippen molar-refractivity contribution in [1.82, 2.24) is 14.8 Å². The quantitative estimate of drug-likeness (QED) is 0.650. The van der Waals surface area contributed by atoms with Gasteiger partial charge < -0.3 is 14.6 Å². The van der Waals surface area contributed by atoms with Crippen molar-refractivity contribution < 1.29 is 19.1 Å². The second-order valence-electron chi connectivity index (χ2n) is 7.09. The van der Waals surface area contributed by atoms with E-state index < -0.39 is 29.9 Å². The van der Waals surface area contributed by atoms with Crippen molar-refractivity contribution in [1.29, 1.82) is 0 Å². The number of benzene rings is 2. The second kappa shape index (κ2) is 7.42. The fraction of sp³-hybridized carbons (Fsp3) is 0.238. The third kappa shape index (κ3) is 3.26. The number of nitrogens with zero attached hydrogens (tertiary/aromatic N) is 3. The van der Waals surface area contributed by atoms with Gasteiger partial charge in [-0.2, -0.15) is 4.99 Å². The van der Waals surface area contributed by atoms with Crippen molar-refractivity contribution in [3.05, 3.63) is 58.9 Å². The Bertz CT molecular complexity index is 1230. The number of carbonyl (C=O) groups is 3. The predicted octanol–water partition coefficient (Wildman–Crippen LogP) is 2.14. The molecule has 1 aromatic heterocycles. The molecule has 1 atom stereocenters. The van der Waals surface area contributed by atoms with Crippen molar-refractivity contribution in [2.75, 3.05) is 13.7 Å². The number of nitrogens with one attached hydrogen (secondary N) is 1. The van der Waals surface area contributed by atoms with Gasteiger partial charge in [0.05, 0.1) is 17.3 Å². The van der Waals surface area contributed by atoms with Gasteiger partial charge in [-0.15, -0.1) is 0 Å². The van der Waals surface area contributed by atoms with Gasteiger partial charge in [0.15, 0.2) is 4.80 Å². The lowest BCUT2D eigenvalue weighted by Crippen LogP contribution is -2.41. The first-order chi connectivity index (χ1) is 14.3. The Morgan fingerprint density at radius 1 is 1.17 bits per heavy atom. The van der Waals surface area contributed by atoms with E-state index in [0.29, 0.717) is 16.1 Å². The number of aromatic nitrogens is 1. The molecule has 1 aliphatic heterocycles. The maximum Gasteiger partial charge on any atom is 0.325 e. The Hall–Kier alpha value is -3.46. The zero-order valence-corrected chi connectivity index (χ0v) is 17.5. The van der Waals surface area contributed by atoms with E-state index in [1.54, 1.807) is 38.3 Å². The van der Waals surface area contributed by atoms with Crippen LogP contribution in [0, 0.1) is 0 Å². The summed E-state index contributed by atoms with van der Waals surface area (Å²) in [5.41, 5.74) is 0.298. The molecule has 1 unspecified atom stereocenters. The Kier molecular flexibility index (Phi) is 4.90. The molecule has 2 aromatic carbocycles. The number of urea groups is 1. The van der Waals surface area contributed by atoms with Crippen molar-refractivity contribution in [2.45, 2.75) is 12.5 Å². The molecule has 8 nitrogen and oxygen atoms in total. The highest BCUT2D eigenvalue weighted by atomic mass is 32.1. The summed E-state index contributed by atoms with van der Waals surface area (Å²) in [6, 6.07) is 13.9. The van der Waals surface area contributed by atoms with E-state index in [0.717, 1.165) is 15.1 Å². The predicted molar refractivity (Wildman–Crippen MR) is 112 cm³/mol. The number of rotatable bonds is 4. The fourth-order valence-electron chi connectivity index (χ4n) is 3.43. The summed E-state index contributed by atoms with van der Waals surface area (Å²) < 4.78 is 7.94. The molecule has 4 rings (SSSR count). The fourth-order valence-corrected chi connectivity index (χ4v) is 4.46. The van der Waals surface area contributed by atoms with E-state index in [1.165, 1.54) is 11.3 Å². The van der Waals surface area contributed by atoms with Gasteiger partial charge in [0.2, 0.25) is 0 Å². The van der Waals surface area contributed by atoms with Crippen LogP contribution in [0.15, 0.2) is 53.5 Å². The van der Waals surface area contributed by atoms with Gasteiger partial charge >= 0.3 is 6.03 Å². The summed E-state index contributed by atoms with van der Waals surface area (Å²) in [4.78, 5) is 43.6. The molecule has 1 N–H and O–H groups in total. The largest absolute Gasteiger partial charge is 0.497 e. The summed E-state index contributed by atoms with van der Waals surface area (Å²) in [7, 11) is 3.37. The molecular formula is C21H20N4O4S. The average Bonchev–Trinajstić information content (AvgIpc) is 3.17. The zero-order valence-electron chi connectivity index (χ0n) is 16.7. The van der Waals surface area contributed by atoms with Crippen LogP contribution in [-0.4, -0.2) is 41.0 Å². The smallest absolute Gasteiger partial charge is 0.325 e. The van der Waals surface area contributed by atoms with Gasteiger partial charge in [0.25, 0.3) is 11.8 Å². The van der Waals surface area contributed by atoms with E-state index in [9.17, 15) is 14.4 Å². The van der Waals surface area contributed by atoms with E-state index in [4.69, 9.17) is 4.74 Å². The lowest BCUT2D eigenvalue weighted by atomic mass is 9.92. The molecule has 0 aliphatic carbocycles. The van der Waals surface area contributed by atoms with Crippen LogP contribution in [0.5, 0.6) is 5.75 Å². The summed E-state index contributed by atoms with van der Waals surface area (Å²) in [5, 5.41) is 2.69. The molecule has 2 heterocycles. The lowest BCUT2D eigenvalue weighted by Gasteiger charge is -2.22. The molecule has 0 spiro atoms. The number of ether oxygens (including phenoxy) is 1. The molecule has 1 saturated heterocycles. The third-order valence-electron chi connectivity index (χ3n) is 5.17. The maximum absolute atomic E-state index is 13.0. The number of amides is 4. The Labute approximate surface area is 176 Å².